The molecule has 4 aromatic carbocycles. The Kier molecular flexibility index (Phi) is 10.4. The molecule has 2 amide bonds. The molecule has 49 heavy (non-hydrogen) atoms. The zero-order valence-corrected chi connectivity index (χ0v) is 28.9. The van der Waals surface area contributed by atoms with Crippen LogP contribution in [0.25, 0.3) is 44.3 Å². The molecule has 0 spiro atoms. The van der Waals surface area contributed by atoms with Crippen molar-refractivity contribution >= 4 is 33.6 Å². The van der Waals surface area contributed by atoms with Crippen molar-refractivity contribution in [1.29, 1.82) is 0 Å². The number of fused-ring (bicyclic) bond motifs is 2. The molecule has 2 aromatic heterocycles. The number of nitrogens with zero attached hydrogens (tertiary/aromatic N) is 2. The molecule has 0 bridgehead atoms. The summed E-state index contributed by atoms with van der Waals surface area (Å²) in [6.45, 7) is 9.34. The topological polar surface area (TPSA) is 84.0 Å². The molecule has 0 aliphatic carbocycles. The molecule has 6 rings (SSSR count). The van der Waals surface area contributed by atoms with Crippen LogP contribution in [0.4, 0.5) is 0 Å². The SMILES string of the molecule is Cc1ccc(-c2nc3ccccc3c(C(=O)NCCCCCCCNC(=O)c3c(C)c(-c4ccc(C)cc4)nc4ccccc34)c2C)cc1. The standard InChI is InChI=1S/C43H44N4O2/c1-28-18-22-32(23-19-28)40-30(3)38(34-14-8-10-16-36(34)46-40)42(48)44-26-12-6-5-7-13-27-45-43(49)39-31(4)41(33-24-20-29(2)21-25-33)47-37-17-11-9-15-35(37)39/h8-11,14-25H,5-7,12-13,26-27H2,1-4H3,(H,44,48)(H,45,49). The van der Waals surface area contributed by atoms with Gasteiger partial charge in [0.15, 0.2) is 0 Å². The predicted molar refractivity (Wildman–Crippen MR) is 201 cm³/mol. The molecule has 0 aliphatic heterocycles. The van der Waals surface area contributed by atoms with E-state index in [2.05, 4.69) is 73.0 Å². The fourth-order valence-corrected chi connectivity index (χ4v) is 6.55. The fourth-order valence-electron chi connectivity index (χ4n) is 6.55. The minimum Gasteiger partial charge on any atom is -0.352 e. The Hall–Kier alpha value is -5.36. The first-order chi connectivity index (χ1) is 23.8. The summed E-state index contributed by atoms with van der Waals surface area (Å²) in [4.78, 5) is 36.9. The van der Waals surface area contributed by atoms with E-state index in [4.69, 9.17) is 9.97 Å². The summed E-state index contributed by atoms with van der Waals surface area (Å²) in [7, 11) is 0. The summed E-state index contributed by atoms with van der Waals surface area (Å²) in [5.41, 5.74) is 10.9. The van der Waals surface area contributed by atoms with E-state index in [-0.39, 0.29) is 11.8 Å². The normalized spacial score (nSPS) is 11.2. The van der Waals surface area contributed by atoms with Gasteiger partial charge in [-0.05, 0) is 63.8 Å². The van der Waals surface area contributed by atoms with Crippen LogP contribution in [0, 0.1) is 27.7 Å². The number of nitrogens with one attached hydrogen (secondary N) is 2. The number of rotatable bonds is 12. The monoisotopic (exact) mass is 648 g/mol. The Bertz CT molecular complexity index is 1970. The van der Waals surface area contributed by atoms with Gasteiger partial charge in [-0.15, -0.1) is 0 Å². The number of pyridine rings is 2. The van der Waals surface area contributed by atoms with E-state index in [1.54, 1.807) is 0 Å². The van der Waals surface area contributed by atoms with Gasteiger partial charge in [0.2, 0.25) is 0 Å². The van der Waals surface area contributed by atoms with Crippen molar-refractivity contribution in [2.45, 2.75) is 59.8 Å². The van der Waals surface area contributed by atoms with Gasteiger partial charge in [-0.1, -0.05) is 115 Å². The molecule has 6 heteroatoms. The molecule has 2 heterocycles. The molecule has 0 fully saturated rings. The predicted octanol–water partition coefficient (Wildman–Crippen LogP) is 9.46. The van der Waals surface area contributed by atoms with E-state index in [9.17, 15) is 9.59 Å². The minimum atomic E-state index is -0.0587. The second-order valence-electron chi connectivity index (χ2n) is 13.0. The van der Waals surface area contributed by atoms with Crippen molar-refractivity contribution in [3.05, 3.63) is 130 Å². The zero-order chi connectivity index (χ0) is 34.3. The quantitative estimate of drug-likeness (QED) is 0.130. The van der Waals surface area contributed by atoms with Crippen LogP contribution in [0.2, 0.25) is 0 Å². The largest absolute Gasteiger partial charge is 0.352 e. The zero-order valence-electron chi connectivity index (χ0n) is 28.9. The van der Waals surface area contributed by atoms with E-state index in [0.29, 0.717) is 24.2 Å². The Balaban J connectivity index is 0.999. The highest BCUT2D eigenvalue weighted by atomic mass is 16.2. The van der Waals surface area contributed by atoms with Gasteiger partial charge in [0.05, 0.1) is 33.5 Å². The van der Waals surface area contributed by atoms with Crippen LogP contribution in [0.15, 0.2) is 97.1 Å². The Labute approximate surface area is 289 Å². The molecular weight excluding hydrogens is 604 g/mol. The van der Waals surface area contributed by atoms with Gasteiger partial charge in [0.1, 0.15) is 0 Å². The number of aromatic nitrogens is 2. The number of hydrogen-bond donors (Lipinski definition) is 2. The summed E-state index contributed by atoms with van der Waals surface area (Å²) >= 11 is 0. The van der Waals surface area contributed by atoms with Gasteiger partial charge >= 0.3 is 0 Å². The average Bonchev–Trinajstić information content (AvgIpc) is 3.11. The maximum Gasteiger partial charge on any atom is 0.252 e. The molecule has 6 aromatic rings. The number of para-hydroxylation sites is 2. The lowest BCUT2D eigenvalue weighted by atomic mass is 9.96. The van der Waals surface area contributed by atoms with Gasteiger partial charge in [0.25, 0.3) is 11.8 Å². The molecular formula is C43H44N4O2. The molecule has 0 unspecified atom stereocenters. The van der Waals surface area contributed by atoms with Gasteiger partial charge in [0, 0.05) is 35.0 Å². The number of carbonyl (C=O) groups is 2. The second kappa shape index (κ2) is 15.2. The van der Waals surface area contributed by atoms with Crippen LogP contribution in [0.5, 0.6) is 0 Å². The molecule has 2 N–H and O–H groups in total. The highest BCUT2D eigenvalue weighted by Crippen LogP contribution is 2.31. The number of aryl methyl sites for hydroxylation is 2. The van der Waals surface area contributed by atoms with E-state index in [1.807, 2.05) is 62.4 Å². The second-order valence-corrected chi connectivity index (χ2v) is 13.0. The summed E-state index contributed by atoms with van der Waals surface area (Å²) in [6, 6.07) is 32.3. The lowest BCUT2D eigenvalue weighted by Gasteiger charge is -2.15. The van der Waals surface area contributed by atoms with Crippen molar-refractivity contribution in [2.75, 3.05) is 13.1 Å². The summed E-state index contributed by atoms with van der Waals surface area (Å²) in [5.74, 6) is -0.117. The van der Waals surface area contributed by atoms with Crippen molar-refractivity contribution in [2.24, 2.45) is 0 Å². The molecule has 0 atom stereocenters. The Morgan fingerprint density at radius 1 is 0.490 bits per heavy atom. The highest BCUT2D eigenvalue weighted by molar-refractivity contribution is 6.09. The van der Waals surface area contributed by atoms with Crippen LogP contribution in [-0.4, -0.2) is 34.9 Å². The lowest BCUT2D eigenvalue weighted by molar-refractivity contribution is 0.0946. The van der Waals surface area contributed by atoms with Gasteiger partial charge in [-0.2, -0.15) is 0 Å². The van der Waals surface area contributed by atoms with E-state index in [0.717, 1.165) is 87.6 Å². The van der Waals surface area contributed by atoms with Gasteiger partial charge < -0.3 is 10.6 Å². The van der Waals surface area contributed by atoms with Gasteiger partial charge in [-0.3, -0.25) is 9.59 Å². The summed E-state index contributed by atoms with van der Waals surface area (Å²) in [6.07, 6.45) is 4.85. The fraction of sp³-hybridized carbons (Fsp3) is 0.256. The number of amides is 2. The number of carbonyl (C=O) groups excluding carboxylic acids is 2. The minimum absolute atomic E-state index is 0.0587. The van der Waals surface area contributed by atoms with Crippen molar-refractivity contribution in [3.8, 4) is 22.5 Å². The van der Waals surface area contributed by atoms with Crippen LogP contribution < -0.4 is 10.6 Å². The molecule has 0 aliphatic rings. The first-order valence-corrected chi connectivity index (χ1v) is 17.3. The smallest absolute Gasteiger partial charge is 0.252 e. The van der Waals surface area contributed by atoms with Crippen LogP contribution in [-0.2, 0) is 0 Å². The van der Waals surface area contributed by atoms with E-state index >= 15 is 0 Å². The molecule has 0 saturated carbocycles. The lowest BCUT2D eigenvalue weighted by Crippen LogP contribution is -2.26. The van der Waals surface area contributed by atoms with E-state index in [1.165, 1.54) is 11.1 Å². The Morgan fingerprint density at radius 3 is 1.27 bits per heavy atom. The number of hydrogen-bond acceptors (Lipinski definition) is 4. The van der Waals surface area contributed by atoms with Gasteiger partial charge in [-0.25, -0.2) is 9.97 Å². The third kappa shape index (κ3) is 7.54. The maximum absolute atomic E-state index is 13.5. The molecule has 248 valence electrons. The Morgan fingerprint density at radius 2 is 0.857 bits per heavy atom. The molecule has 0 radical (unpaired) electrons. The van der Waals surface area contributed by atoms with Crippen LogP contribution in [0.1, 0.15) is 75.1 Å². The summed E-state index contributed by atoms with van der Waals surface area (Å²) < 4.78 is 0. The first kappa shape index (κ1) is 33.5. The third-order valence-corrected chi connectivity index (χ3v) is 9.30. The maximum atomic E-state index is 13.5. The average molecular weight is 649 g/mol. The third-order valence-electron chi connectivity index (χ3n) is 9.30. The number of unbranched alkanes of at least 4 members (excludes halogenated alkanes) is 4. The molecule has 0 saturated heterocycles. The first-order valence-electron chi connectivity index (χ1n) is 17.3. The van der Waals surface area contributed by atoms with Crippen molar-refractivity contribution in [3.63, 3.8) is 0 Å². The molecule has 6 nitrogen and oxygen atoms in total. The van der Waals surface area contributed by atoms with Crippen molar-refractivity contribution in [1.82, 2.24) is 20.6 Å². The summed E-state index contributed by atoms with van der Waals surface area (Å²) in [5, 5.41) is 8.07. The van der Waals surface area contributed by atoms with Crippen LogP contribution >= 0.6 is 0 Å². The van der Waals surface area contributed by atoms with Crippen LogP contribution in [0.3, 0.4) is 0 Å². The van der Waals surface area contributed by atoms with Crippen molar-refractivity contribution < 1.29 is 9.59 Å². The highest BCUT2D eigenvalue weighted by Gasteiger charge is 2.20. The number of benzene rings is 4. The van der Waals surface area contributed by atoms with E-state index < -0.39 is 0 Å².